The van der Waals surface area contributed by atoms with Crippen molar-refractivity contribution in [2.75, 3.05) is 5.32 Å². The molecule has 0 spiro atoms. The third-order valence-electron chi connectivity index (χ3n) is 2.39. The Labute approximate surface area is 116 Å². The second-order valence-electron chi connectivity index (χ2n) is 3.88. The molecule has 3 nitrogen and oxygen atoms in total. The Morgan fingerprint density at radius 1 is 1.26 bits per heavy atom. The molecule has 1 N–H and O–H groups in total. The highest BCUT2D eigenvalue weighted by Gasteiger charge is 2.18. The number of carbonyl (C=O) groups is 1. The van der Waals surface area contributed by atoms with Gasteiger partial charge in [0.2, 0.25) is 0 Å². The standard InChI is InChI=1S/C13H9BrF2N2O/c1-7-4-9(2-3-17-7)18-13(19)12-10(15)5-8(14)6-11(12)16/h2-6H,1H3,(H,17,18,19). The Morgan fingerprint density at radius 2 is 1.89 bits per heavy atom. The number of halogens is 3. The summed E-state index contributed by atoms with van der Waals surface area (Å²) in [5, 5.41) is 2.43. The first-order chi connectivity index (χ1) is 8.97. The fourth-order valence-corrected chi connectivity index (χ4v) is 1.98. The lowest BCUT2D eigenvalue weighted by atomic mass is 10.2. The monoisotopic (exact) mass is 326 g/mol. The molecule has 0 aliphatic heterocycles. The molecule has 0 saturated heterocycles. The summed E-state index contributed by atoms with van der Waals surface area (Å²) in [6.07, 6.45) is 1.50. The molecule has 2 rings (SSSR count). The first-order valence-electron chi connectivity index (χ1n) is 5.36. The Balaban J connectivity index is 2.31. The van der Waals surface area contributed by atoms with Crippen LogP contribution in [-0.4, -0.2) is 10.9 Å². The molecule has 2 aromatic rings. The predicted molar refractivity (Wildman–Crippen MR) is 71.0 cm³/mol. The molecule has 0 atom stereocenters. The van der Waals surface area contributed by atoms with Crippen LogP contribution in [0.1, 0.15) is 16.1 Å². The zero-order valence-corrected chi connectivity index (χ0v) is 11.5. The van der Waals surface area contributed by atoms with Gasteiger partial charge in [0.05, 0.1) is 0 Å². The minimum atomic E-state index is -0.921. The van der Waals surface area contributed by atoms with Crippen LogP contribution in [-0.2, 0) is 0 Å². The van der Waals surface area contributed by atoms with Gasteiger partial charge in [-0.1, -0.05) is 15.9 Å². The SMILES string of the molecule is Cc1cc(NC(=O)c2c(F)cc(Br)cc2F)ccn1. The number of hydrogen-bond acceptors (Lipinski definition) is 2. The van der Waals surface area contributed by atoms with Crippen molar-refractivity contribution in [2.24, 2.45) is 0 Å². The van der Waals surface area contributed by atoms with Crippen molar-refractivity contribution in [3.05, 3.63) is 57.8 Å². The van der Waals surface area contributed by atoms with E-state index in [1.807, 2.05) is 0 Å². The summed E-state index contributed by atoms with van der Waals surface area (Å²) in [5.74, 6) is -2.68. The van der Waals surface area contributed by atoms with Crippen LogP contribution in [0.4, 0.5) is 14.5 Å². The maximum Gasteiger partial charge on any atom is 0.261 e. The van der Waals surface area contributed by atoms with E-state index in [1.54, 1.807) is 19.1 Å². The van der Waals surface area contributed by atoms with Gasteiger partial charge in [0, 0.05) is 22.1 Å². The van der Waals surface area contributed by atoms with Crippen molar-refractivity contribution in [3.8, 4) is 0 Å². The maximum atomic E-state index is 13.6. The van der Waals surface area contributed by atoms with E-state index in [0.29, 0.717) is 11.4 Å². The van der Waals surface area contributed by atoms with Crippen LogP contribution >= 0.6 is 15.9 Å². The molecule has 0 bridgehead atoms. The molecule has 19 heavy (non-hydrogen) atoms. The van der Waals surface area contributed by atoms with E-state index in [9.17, 15) is 13.6 Å². The van der Waals surface area contributed by atoms with Gasteiger partial charge in [0.15, 0.2) is 0 Å². The van der Waals surface area contributed by atoms with Crippen molar-refractivity contribution in [2.45, 2.75) is 6.92 Å². The number of aryl methyl sites for hydroxylation is 1. The van der Waals surface area contributed by atoms with Crippen LogP contribution in [0.2, 0.25) is 0 Å². The summed E-state index contributed by atoms with van der Waals surface area (Å²) < 4.78 is 27.4. The van der Waals surface area contributed by atoms with E-state index >= 15 is 0 Å². The minimum absolute atomic E-state index is 0.235. The van der Waals surface area contributed by atoms with Crippen molar-refractivity contribution in [1.82, 2.24) is 4.98 Å². The first kappa shape index (κ1) is 13.6. The van der Waals surface area contributed by atoms with E-state index in [0.717, 1.165) is 12.1 Å². The summed E-state index contributed by atoms with van der Waals surface area (Å²) in [6, 6.07) is 5.22. The van der Waals surface area contributed by atoms with Gasteiger partial charge in [-0.2, -0.15) is 0 Å². The number of benzene rings is 1. The fourth-order valence-electron chi connectivity index (χ4n) is 1.58. The molecule has 0 fully saturated rings. The van der Waals surface area contributed by atoms with Crippen LogP contribution in [0, 0.1) is 18.6 Å². The van der Waals surface area contributed by atoms with Gasteiger partial charge in [-0.25, -0.2) is 8.78 Å². The normalized spacial score (nSPS) is 10.3. The van der Waals surface area contributed by atoms with Crippen LogP contribution in [0.25, 0.3) is 0 Å². The van der Waals surface area contributed by atoms with Crippen LogP contribution < -0.4 is 5.32 Å². The molecular formula is C13H9BrF2N2O. The van der Waals surface area contributed by atoms with E-state index in [-0.39, 0.29) is 4.47 Å². The Morgan fingerprint density at radius 3 is 2.47 bits per heavy atom. The minimum Gasteiger partial charge on any atom is -0.322 e. The van der Waals surface area contributed by atoms with Gasteiger partial charge in [0.1, 0.15) is 17.2 Å². The smallest absolute Gasteiger partial charge is 0.261 e. The molecule has 1 aromatic heterocycles. The first-order valence-corrected chi connectivity index (χ1v) is 6.15. The van der Waals surface area contributed by atoms with Gasteiger partial charge in [-0.3, -0.25) is 9.78 Å². The zero-order valence-electron chi connectivity index (χ0n) is 9.88. The van der Waals surface area contributed by atoms with Crippen molar-refractivity contribution in [1.29, 1.82) is 0 Å². The third kappa shape index (κ3) is 3.14. The molecule has 98 valence electrons. The van der Waals surface area contributed by atoms with Crippen molar-refractivity contribution < 1.29 is 13.6 Å². The number of nitrogens with zero attached hydrogens (tertiary/aromatic N) is 1. The highest BCUT2D eigenvalue weighted by Crippen LogP contribution is 2.20. The second-order valence-corrected chi connectivity index (χ2v) is 4.80. The largest absolute Gasteiger partial charge is 0.322 e. The molecule has 0 radical (unpaired) electrons. The molecule has 0 aliphatic rings. The Hall–Kier alpha value is -1.82. The summed E-state index contributed by atoms with van der Waals surface area (Å²) >= 11 is 2.95. The van der Waals surface area contributed by atoms with E-state index in [1.165, 1.54) is 6.20 Å². The lowest BCUT2D eigenvalue weighted by molar-refractivity contribution is 0.101. The summed E-state index contributed by atoms with van der Waals surface area (Å²) in [7, 11) is 0. The number of pyridine rings is 1. The van der Waals surface area contributed by atoms with E-state index < -0.39 is 23.1 Å². The number of carbonyl (C=O) groups excluding carboxylic acids is 1. The molecular weight excluding hydrogens is 318 g/mol. The number of anilines is 1. The summed E-state index contributed by atoms with van der Waals surface area (Å²) in [5.41, 5.74) is 0.506. The van der Waals surface area contributed by atoms with Crippen LogP contribution in [0.3, 0.4) is 0 Å². The topological polar surface area (TPSA) is 42.0 Å². The number of hydrogen-bond donors (Lipinski definition) is 1. The Bertz CT molecular complexity index is 623. The average molecular weight is 327 g/mol. The molecule has 0 unspecified atom stereocenters. The van der Waals surface area contributed by atoms with Gasteiger partial charge < -0.3 is 5.32 Å². The number of rotatable bonds is 2. The Kier molecular flexibility index (Phi) is 3.90. The van der Waals surface area contributed by atoms with Crippen molar-refractivity contribution >= 4 is 27.5 Å². The van der Waals surface area contributed by atoms with E-state index in [2.05, 4.69) is 26.2 Å². The number of amides is 1. The number of aromatic nitrogens is 1. The highest BCUT2D eigenvalue weighted by atomic mass is 79.9. The second kappa shape index (κ2) is 5.44. The van der Waals surface area contributed by atoms with Crippen LogP contribution in [0.15, 0.2) is 34.9 Å². The van der Waals surface area contributed by atoms with Gasteiger partial charge in [0.25, 0.3) is 5.91 Å². The van der Waals surface area contributed by atoms with Crippen molar-refractivity contribution in [3.63, 3.8) is 0 Å². The molecule has 1 heterocycles. The molecule has 0 aliphatic carbocycles. The molecule has 6 heteroatoms. The maximum absolute atomic E-state index is 13.6. The average Bonchev–Trinajstić information content (AvgIpc) is 2.27. The summed E-state index contributed by atoms with van der Waals surface area (Å²) in [6.45, 7) is 1.75. The molecule has 1 aromatic carbocycles. The van der Waals surface area contributed by atoms with Gasteiger partial charge in [-0.15, -0.1) is 0 Å². The van der Waals surface area contributed by atoms with E-state index in [4.69, 9.17) is 0 Å². The zero-order chi connectivity index (χ0) is 14.0. The van der Waals surface area contributed by atoms with Crippen LogP contribution in [0.5, 0.6) is 0 Å². The quantitative estimate of drug-likeness (QED) is 0.914. The molecule has 0 saturated carbocycles. The molecule has 1 amide bonds. The third-order valence-corrected chi connectivity index (χ3v) is 2.85. The lowest BCUT2D eigenvalue weighted by Crippen LogP contribution is -2.16. The van der Waals surface area contributed by atoms with Gasteiger partial charge in [-0.05, 0) is 31.2 Å². The lowest BCUT2D eigenvalue weighted by Gasteiger charge is -2.08. The summed E-state index contributed by atoms with van der Waals surface area (Å²) in [4.78, 5) is 15.8. The fraction of sp³-hybridized carbons (Fsp3) is 0.0769. The number of nitrogens with one attached hydrogen (secondary N) is 1. The highest BCUT2D eigenvalue weighted by molar-refractivity contribution is 9.10. The predicted octanol–water partition coefficient (Wildman–Crippen LogP) is 3.68. The van der Waals surface area contributed by atoms with Gasteiger partial charge >= 0.3 is 0 Å².